The minimum Gasteiger partial charge on any atom is -0.494 e. The van der Waals surface area contributed by atoms with Crippen LogP contribution in [0.15, 0.2) is 47.4 Å². The van der Waals surface area contributed by atoms with Crippen LogP contribution in [-0.2, 0) is 16.4 Å². The first-order valence-electron chi connectivity index (χ1n) is 7.31. The van der Waals surface area contributed by atoms with Crippen LogP contribution >= 0.6 is 0 Å². The molecule has 4 nitrogen and oxygen atoms in total. The summed E-state index contributed by atoms with van der Waals surface area (Å²) in [6, 6.07) is 12.3. The van der Waals surface area contributed by atoms with Gasteiger partial charge < -0.3 is 4.74 Å². The molecule has 2 aromatic carbocycles. The molecule has 0 saturated heterocycles. The van der Waals surface area contributed by atoms with E-state index in [1.807, 2.05) is 26.0 Å². The molecule has 2 aromatic rings. The standard InChI is InChI=1S/C17H21NO3S/c1-4-14-6-8-15(9-7-14)18-22(19,20)16-10-11-17(21-5-2)13(3)12-16/h6-12,18H,4-5H2,1-3H3. The number of hydrogen-bond donors (Lipinski definition) is 1. The third-order valence-electron chi connectivity index (χ3n) is 3.37. The number of ether oxygens (including phenoxy) is 1. The quantitative estimate of drug-likeness (QED) is 0.882. The smallest absolute Gasteiger partial charge is 0.261 e. The van der Waals surface area contributed by atoms with Crippen LogP contribution in [0.1, 0.15) is 25.0 Å². The van der Waals surface area contributed by atoms with Gasteiger partial charge in [-0.1, -0.05) is 19.1 Å². The fourth-order valence-corrected chi connectivity index (χ4v) is 3.27. The molecule has 0 aliphatic carbocycles. The van der Waals surface area contributed by atoms with Gasteiger partial charge >= 0.3 is 0 Å². The summed E-state index contributed by atoms with van der Waals surface area (Å²) in [6.45, 7) is 6.34. The van der Waals surface area contributed by atoms with Gasteiger partial charge in [0.15, 0.2) is 0 Å². The van der Waals surface area contributed by atoms with Crippen molar-refractivity contribution in [2.24, 2.45) is 0 Å². The maximum Gasteiger partial charge on any atom is 0.261 e. The zero-order valence-corrected chi connectivity index (χ0v) is 13.9. The molecular weight excluding hydrogens is 298 g/mol. The van der Waals surface area contributed by atoms with E-state index in [1.165, 1.54) is 5.56 Å². The molecule has 118 valence electrons. The number of rotatable bonds is 6. The Labute approximate surface area is 132 Å². The number of sulfonamides is 1. The van der Waals surface area contributed by atoms with E-state index >= 15 is 0 Å². The molecule has 0 bridgehead atoms. The molecule has 5 heteroatoms. The van der Waals surface area contributed by atoms with Gasteiger partial charge in [-0.3, -0.25) is 4.72 Å². The van der Waals surface area contributed by atoms with E-state index in [0.717, 1.165) is 12.0 Å². The van der Waals surface area contributed by atoms with Crippen LogP contribution in [-0.4, -0.2) is 15.0 Å². The van der Waals surface area contributed by atoms with Crippen LogP contribution in [0.25, 0.3) is 0 Å². The van der Waals surface area contributed by atoms with Crippen LogP contribution in [0.3, 0.4) is 0 Å². The summed E-state index contributed by atoms with van der Waals surface area (Å²) in [5.74, 6) is 0.703. The second-order valence-corrected chi connectivity index (χ2v) is 6.70. The molecule has 0 aliphatic rings. The fraction of sp³-hybridized carbons (Fsp3) is 0.294. The van der Waals surface area contributed by atoms with Crippen molar-refractivity contribution < 1.29 is 13.2 Å². The van der Waals surface area contributed by atoms with Gasteiger partial charge in [-0.2, -0.15) is 0 Å². The topological polar surface area (TPSA) is 55.4 Å². The summed E-state index contributed by atoms with van der Waals surface area (Å²) in [6.07, 6.45) is 0.922. The number of hydrogen-bond acceptors (Lipinski definition) is 3. The van der Waals surface area contributed by atoms with Crippen molar-refractivity contribution in [3.8, 4) is 5.75 Å². The van der Waals surface area contributed by atoms with E-state index in [2.05, 4.69) is 11.6 Å². The van der Waals surface area contributed by atoms with Crippen molar-refractivity contribution in [1.82, 2.24) is 0 Å². The lowest BCUT2D eigenvalue weighted by molar-refractivity contribution is 0.337. The highest BCUT2D eigenvalue weighted by molar-refractivity contribution is 7.92. The van der Waals surface area contributed by atoms with Crippen LogP contribution < -0.4 is 9.46 Å². The monoisotopic (exact) mass is 319 g/mol. The van der Waals surface area contributed by atoms with Crippen molar-refractivity contribution in [3.05, 3.63) is 53.6 Å². The summed E-state index contributed by atoms with van der Waals surface area (Å²) in [5.41, 5.74) is 2.52. The maximum atomic E-state index is 12.4. The van der Waals surface area contributed by atoms with Crippen molar-refractivity contribution in [2.45, 2.75) is 32.1 Å². The van der Waals surface area contributed by atoms with Gasteiger partial charge in [-0.15, -0.1) is 0 Å². The molecule has 1 N–H and O–H groups in total. The van der Waals surface area contributed by atoms with E-state index in [9.17, 15) is 8.42 Å². The van der Waals surface area contributed by atoms with Crippen LogP contribution in [0, 0.1) is 6.92 Å². The summed E-state index contributed by atoms with van der Waals surface area (Å²) in [5, 5.41) is 0. The lowest BCUT2D eigenvalue weighted by atomic mass is 10.2. The van der Waals surface area contributed by atoms with Gasteiger partial charge in [0.05, 0.1) is 11.5 Å². The van der Waals surface area contributed by atoms with Crippen molar-refractivity contribution in [2.75, 3.05) is 11.3 Å². The third kappa shape index (κ3) is 3.80. The molecule has 22 heavy (non-hydrogen) atoms. The average molecular weight is 319 g/mol. The first-order valence-corrected chi connectivity index (χ1v) is 8.79. The second kappa shape index (κ2) is 6.83. The van der Waals surface area contributed by atoms with Crippen LogP contribution in [0.2, 0.25) is 0 Å². The van der Waals surface area contributed by atoms with Crippen molar-refractivity contribution >= 4 is 15.7 Å². The summed E-state index contributed by atoms with van der Waals surface area (Å²) in [4.78, 5) is 0.230. The molecule has 0 radical (unpaired) electrons. The molecule has 2 rings (SSSR count). The number of benzene rings is 2. The normalized spacial score (nSPS) is 11.2. The highest BCUT2D eigenvalue weighted by Gasteiger charge is 2.15. The maximum absolute atomic E-state index is 12.4. The largest absolute Gasteiger partial charge is 0.494 e. The molecule has 0 aliphatic heterocycles. The molecule has 0 fully saturated rings. The van der Waals surface area contributed by atoms with Gasteiger partial charge in [0.2, 0.25) is 0 Å². The minimum atomic E-state index is -3.59. The molecule has 0 spiro atoms. The average Bonchev–Trinajstić information content (AvgIpc) is 2.50. The SMILES string of the molecule is CCOc1ccc(S(=O)(=O)Nc2ccc(CC)cc2)cc1C. The van der Waals surface area contributed by atoms with E-state index in [4.69, 9.17) is 4.74 Å². The molecule has 0 heterocycles. The van der Waals surface area contributed by atoms with Gasteiger partial charge in [-0.25, -0.2) is 8.42 Å². The lowest BCUT2D eigenvalue weighted by Gasteiger charge is -2.11. The van der Waals surface area contributed by atoms with Crippen LogP contribution in [0.4, 0.5) is 5.69 Å². The highest BCUT2D eigenvalue weighted by atomic mass is 32.2. The zero-order chi connectivity index (χ0) is 16.2. The Kier molecular flexibility index (Phi) is 5.08. The van der Waals surface area contributed by atoms with E-state index in [-0.39, 0.29) is 4.90 Å². The summed E-state index contributed by atoms with van der Waals surface area (Å²) >= 11 is 0. The van der Waals surface area contributed by atoms with Gasteiger partial charge in [-0.05, 0) is 61.7 Å². The Hall–Kier alpha value is -2.01. The van der Waals surface area contributed by atoms with E-state index in [0.29, 0.717) is 18.0 Å². The summed E-state index contributed by atoms with van der Waals surface area (Å²) < 4.78 is 32.9. The predicted molar refractivity (Wildman–Crippen MR) is 89.0 cm³/mol. The molecule has 0 aromatic heterocycles. The Morgan fingerprint density at radius 2 is 1.73 bits per heavy atom. The number of nitrogens with one attached hydrogen (secondary N) is 1. The van der Waals surface area contributed by atoms with Crippen molar-refractivity contribution in [3.63, 3.8) is 0 Å². The van der Waals surface area contributed by atoms with Gasteiger partial charge in [0.25, 0.3) is 10.0 Å². The first-order chi connectivity index (χ1) is 10.5. The molecule has 0 saturated carbocycles. The highest BCUT2D eigenvalue weighted by Crippen LogP contribution is 2.23. The Morgan fingerprint density at radius 3 is 2.27 bits per heavy atom. The van der Waals surface area contributed by atoms with Gasteiger partial charge in [0.1, 0.15) is 5.75 Å². The second-order valence-electron chi connectivity index (χ2n) is 5.02. The molecule has 0 unspecified atom stereocenters. The molecule has 0 atom stereocenters. The minimum absolute atomic E-state index is 0.230. The molecule has 0 amide bonds. The number of anilines is 1. The van der Waals surface area contributed by atoms with E-state index in [1.54, 1.807) is 30.3 Å². The van der Waals surface area contributed by atoms with Crippen molar-refractivity contribution in [1.29, 1.82) is 0 Å². The van der Waals surface area contributed by atoms with Gasteiger partial charge in [0, 0.05) is 5.69 Å². The van der Waals surface area contributed by atoms with E-state index < -0.39 is 10.0 Å². The fourth-order valence-electron chi connectivity index (χ4n) is 2.13. The summed E-state index contributed by atoms with van der Waals surface area (Å²) in [7, 11) is -3.59. The third-order valence-corrected chi connectivity index (χ3v) is 4.75. The van der Waals surface area contributed by atoms with Crippen LogP contribution in [0.5, 0.6) is 5.75 Å². The Morgan fingerprint density at radius 1 is 1.05 bits per heavy atom. The zero-order valence-electron chi connectivity index (χ0n) is 13.1. The predicted octanol–water partition coefficient (Wildman–Crippen LogP) is 3.76. The Balaban J connectivity index is 2.24. The lowest BCUT2D eigenvalue weighted by Crippen LogP contribution is -2.13. The first kappa shape index (κ1) is 16.4. The molecular formula is C17H21NO3S. The Bertz CT molecular complexity index is 737. The number of aryl methyl sites for hydroxylation is 2.